The zero-order valence-electron chi connectivity index (χ0n) is 30.2. The third-order valence-corrected chi connectivity index (χ3v) is 11.8. The molecule has 0 atom stereocenters. The van der Waals surface area contributed by atoms with E-state index in [1.807, 2.05) is 60.7 Å². The van der Waals surface area contributed by atoms with E-state index in [1.54, 1.807) is 11.3 Å². The molecule has 0 radical (unpaired) electrons. The van der Waals surface area contributed by atoms with Gasteiger partial charge >= 0.3 is 0 Å². The van der Waals surface area contributed by atoms with Crippen LogP contribution in [0.2, 0.25) is 0 Å². The van der Waals surface area contributed by atoms with E-state index in [0.29, 0.717) is 17.5 Å². The lowest BCUT2D eigenvalue weighted by Gasteiger charge is -2.10. The number of hydrogen-bond donors (Lipinski definition) is 0. The SMILES string of the molecule is c1ccc(-c2ccc(-n3c4ccccc4c4ccc(-c5ccc6sc7cc(-c8nc(-c9ccccc9)nc(-c9ccccc9)n8)ccc7c6c5)cc43)cc2)cc1. The van der Waals surface area contributed by atoms with Gasteiger partial charge in [0.1, 0.15) is 0 Å². The largest absolute Gasteiger partial charge is 0.309 e. The molecule has 0 N–H and O–H groups in total. The predicted octanol–water partition coefficient (Wildman–Crippen LogP) is 13.7. The molecule has 0 spiro atoms. The molecule has 0 aliphatic heterocycles. The molecule has 0 aliphatic carbocycles. The van der Waals surface area contributed by atoms with Crippen LogP contribution in [0.1, 0.15) is 0 Å². The summed E-state index contributed by atoms with van der Waals surface area (Å²) in [6, 6.07) is 68.8. The topological polar surface area (TPSA) is 43.6 Å². The maximum absolute atomic E-state index is 4.98. The lowest BCUT2D eigenvalue weighted by molar-refractivity contribution is 1.07. The molecular weight excluding hydrogens is 701 g/mol. The Morgan fingerprint density at radius 1 is 0.304 bits per heavy atom. The highest BCUT2D eigenvalue weighted by molar-refractivity contribution is 7.25. The second-order valence-electron chi connectivity index (χ2n) is 14.1. The van der Waals surface area contributed by atoms with Gasteiger partial charge in [0.2, 0.25) is 0 Å². The van der Waals surface area contributed by atoms with Gasteiger partial charge < -0.3 is 4.57 Å². The van der Waals surface area contributed by atoms with Crippen LogP contribution < -0.4 is 0 Å². The first-order valence-corrected chi connectivity index (χ1v) is 19.6. The number of nitrogens with zero attached hydrogens (tertiary/aromatic N) is 4. The van der Waals surface area contributed by atoms with Crippen molar-refractivity contribution in [2.24, 2.45) is 0 Å². The fourth-order valence-electron chi connectivity index (χ4n) is 7.90. The molecule has 0 aliphatic rings. The molecule has 0 saturated carbocycles. The van der Waals surface area contributed by atoms with Crippen molar-refractivity contribution in [2.45, 2.75) is 0 Å². The molecule has 4 nitrogen and oxygen atoms in total. The Labute approximate surface area is 327 Å². The molecular formula is C51H32N4S. The third kappa shape index (κ3) is 5.56. The molecule has 3 heterocycles. The predicted molar refractivity (Wildman–Crippen MR) is 234 cm³/mol. The Morgan fingerprint density at radius 3 is 1.50 bits per heavy atom. The molecule has 0 amide bonds. The Hall–Kier alpha value is -7.21. The average Bonchev–Trinajstić information content (AvgIpc) is 3.81. The number of thiophene rings is 1. The van der Waals surface area contributed by atoms with Crippen LogP contribution in [0.5, 0.6) is 0 Å². The fourth-order valence-corrected chi connectivity index (χ4v) is 9.02. The first-order chi connectivity index (χ1) is 27.7. The Kier molecular flexibility index (Phi) is 7.64. The van der Waals surface area contributed by atoms with Crippen molar-refractivity contribution < 1.29 is 0 Å². The van der Waals surface area contributed by atoms with Crippen molar-refractivity contribution in [3.05, 3.63) is 194 Å². The van der Waals surface area contributed by atoms with Gasteiger partial charge in [0.25, 0.3) is 0 Å². The molecule has 56 heavy (non-hydrogen) atoms. The number of benzene rings is 8. The van der Waals surface area contributed by atoms with Crippen LogP contribution in [0.4, 0.5) is 0 Å². The highest BCUT2D eigenvalue weighted by atomic mass is 32.1. The van der Waals surface area contributed by atoms with Gasteiger partial charge in [0.15, 0.2) is 17.5 Å². The molecule has 11 aromatic rings. The van der Waals surface area contributed by atoms with Gasteiger partial charge in [-0.15, -0.1) is 11.3 Å². The van der Waals surface area contributed by atoms with Gasteiger partial charge in [0, 0.05) is 53.3 Å². The van der Waals surface area contributed by atoms with Gasteiger partial charge in [-0.3, -0.25) is 0 Å². The van der Waals surface area contributed by atoms with Crippen LogP contribution in [0, 0.1) is 0 Å². The van der Waals surface area contributed by atoms with E-state index in [2.05, 4.69) is 138 Å². The molecule has 0 bridgehead atoms. The molecule has 0 saturated heterocycles. The van der Waals surface area contributed by atoms with E-state index in [0.717, 1.165) is 22.4 Å². The molecule has 11 rings (SSSR count). The monoisotopic (exact) mass is 732 g/mol. The van der Waals surface area contributed by atoms with Crippen molar-refractivity contribution in [3.8, 4) is 62.1 Å². The molecule has 0 unspecified atom stereocenters. The third-order valence-electron chi connectivity index (χ3n) is 10.7. The van der Waals surface area contributed by atoms with Crippen molar-refractivity contribution in [3.63, 3.8) is 0 Å². The smallest absolute Gasteiger partial charge is 0.164 e. The van der Waals surface area contributed by atoms with Gasteiger partial charge in [-0.2, -0.15) is 0 Å². The molecule has 0 fully saturated rings. The Bertz CT molecular complexity index is 3160. The summed E-state index contributed by atoms with van der Waals surface area (Å²) in [7, 11) is 0. The lowest BCUT2D eigenvalue weighted by Crippen LogP contribution is -1.99. The van der Waals surface area contributed by atoms with Crippen LogP contribution in [-0.4, -0.2) is 19.5 Å². The van der Waals surface area contributed by atoms with E-state index in [-0.39, 0.29) is 0 Å². The minimum Gasteiger partial charge on any atom is -0.309 e. The van der Waals surface area contributed by atoms with Crippen LogP contribution in [0.15, 0.2) is 194 Å². The summed E-state index contributed by atoms with van der Waals surface area (Å²) in [6.45, 7) is 0. The zero-order chi connectivity index (χ0) is 37.0. The summed E-state index contributed by atoms with van der Waals surface area (Å²) in [4.78, 5) is 14.8. The summed E-state index contributed by atoms with van der Waals surface area (Å²) in [5.41, 5.74) is 11.2. The van der Waals surface area contributed by atoms with Crippen LogP contribution in [0.3, 0.4) is 0 Å². The quantitative estimate of drug-likeness (QED) is 0.171. The second-order valence-corrected chi connectivity index (χ2v) is 15.1. The zero-order valence-corrected chi connectivity index (χ0v) is 31.0. The maximum atomic E-state index is 4.98. The summed E-state index contributed by atoms with van der Waals surface area (Å²) in [5.74, 6) is 1.99. The standard InChI is InChI=1S/C51H32N4S/c1-4-12-33(13-5-1)34-20-25-40(26-21-34)55-45-19-11-10-18-41(45)42-27-22-38(31-46(42)55)37-24-29-47-44(30-37)43-28-23-39(32-48(43)56-47)51-53-49(35-14-6-2-7-15-35)52-50(54-51)36-16-8-3-9-17-36/h1-32H. The molecule has 5 heteroatoms. The van der Waals surface area contributed by atoms with E-state index < -0.39 is 0 Å². The lowest BCUT2D eigenvalue weighted by atomic mass is 10.0. The highest BCUT2D eigenvalue weighted by Crippen LogP contribution is 2.40. The Balaban J connectivity index is 0.999. The van der Waals surface area contributed by atoms with E-state index in [9.17, 15) is 0 Å². The van der Waals surface area contributed by atoms with Gasteiger partial charge in [0.05, 0.1) is 11.0 Å². The van der Waals surface area contributed by atoms with E-state index >= 15 is 0 Å². The summed E-state index contributed by atoms with van der Waals surface area (Å²) < 4.78 is 4.85. The van der Waals surface area contributed by atoms with Crippen molar-refractivity contribution in [1.82, 2.24) is 19.5 Å². The maximum Gasteiger partial charge on any atom is 0.164 e. The molecule has 262 valence electrons. The van der Waals surface area contributed by atoms with E-state index in [4.69, 9.17) is 15.0 Å². The number of para-hydroxylation sites is 1. The summed E-state index contributed by atoms with van der Waals surface area (Å²) in [5, 5.41) is 4.97. The number of aromatic nitrogens is 4. The van der Waals surface area contributed by atoms with Crippen LogP contribution >= 0.6 is 11.3 Å². The van der Waals surface area contributed by atoms with Gasteiger partial charge in [-0.05, 0) is 64.7 Å². The summed E-state index contributed by atoms with van der Waals surface area (Å²) >= 11 is 1.80. The van der Waals surface area contributed by atoms with E-state index in [1.165, 1.54) is 64.2 Å². The molecule has 8 aromatic carbocycles. The fraction of sp³-hybridized carbons (Fsp3) is 0. The number of rotatable bonds is 6. The Morgan fingerprint density at radius 2 is 0.804 bits per heavy atom. The first kappa shape index (κ1) is 32.2. The summed E-state index contributed by atoms with van der Waals surface area (Å²) in [6.07, 6.45) is 0. The van der Waals surface area contributed by atoms with Crippen molar-refractivity contribution in [2.75, 3.05) is 0 Å². The van der Waals surface area contributed by atoms with Crippen molar-refractivity contribution >= 4 is 53.3 Å². The van der Waals surface area contributed by atoms with Crippen molar-refractivity contribution in [1.29, 1.82) is 0 Å². The number of hydrogen-bond acceptors (Lipinski definition) is 4. The van der Waals surface area contributed by atoms with Crippen LogP contribution in [0.25, 0.3) is 104 Å². The highest BCUT2D eigenvalue weighted by Gasteiger charge is 2.16. The van der Waals surface area contributed by atoms with Crippen LogP contribution in [-0.2, 0) is 0 Å². The molecule has 3 aromatic heterocycles. The minimum atomic E-state index is 0.663. The minimum absolute atomic E-state index is 0.663. The average molecular weight is 733 g/mol. The second kappa shape index (κ2) is 13.3. The first-order valence-electron chi connectivity index (χ1n) is 18.8. The normalized spacial score (nSPS) is 11.6. The van der Waals surface area contributed by atoms with Gasteiger partial charge in [-0.25, -0.2) is 15.0 Å². The van der Waals surface area contributed by atoms with Gasteiger partial charge in [-0.1, -0.05) is 152 Å². The number of fused-ring (bicyclic) bond motifs is 6.